The van der Waals surface area contributed by atoms with Gasteiger partial charge in [0.05, 0.1) is 23.1 Å². The number of alkyl carbamates (subject to hydrolysis) is 1. The highest BCUT2D eigenvalue weighted by atomic mass is 19.2. The predicted octanol–water partition coefficient (Wildman–Crippen LogP) is 5.23. The topological polar surface area (TPSA) is 86.6 Å². The van der Waals surface area contributed by atoms with Crippen molar-refractivity contribution in [3.05, 3.63) is 45.2 Å². The molecule has 2 atom stereocenters. The Hall–Kier alpha value is -3.41. The summed E-state index contributed by atoms with van der Waals surface area (Å²) >= 11 is 0. The van der Waals surface area contributed by atoms with Crippen LogP contribution in [0.1, 0.15) is 88.2 Å². The van der Waals surface area contributed by atoms with Crippen LogP contribution < -0.4 is 10.7 Å². The molecule has 1 heterocycles. The molecule has 0 bridgehead atoms. The average Bonchev–Trinajstić information content (AvgIpc) is 3.56. The van der Waals surface area contributed by atoms with Gasteiger partial charge in [0.15, 0.2) is 11.6 Å². The van der Waals surface area contributed by atoms with E-state index in [1.807, 2.05) is 0 Å². The molecule has 37 heavy (non-hydrogen) atoms. The van der Waals surface area contributed by atoms with Crippen molar-refractivity contribution in [3.8, 4) is 11.8 Å². The molecule has 1 unspecified atom stereocenters. The molecule has 7 nitrogen and oxygen atoms in total. The zero-order valence-corrected chi connectivity index (χ0v) is 21.6. The molecule has 0 radical (unpaired) electrons. The van der Waals surface area contributed by atoms with Crippen LogP contribution in [0.25, 0.3) is 10.9 Å². The van der Waals surface area contributed by atoms with Crippen LogP contribution in [-0.4, -0.2) is 34.9 Å². The Morgan fingerprint density at radius 2 is 1.92 bits per heavy atom. The molecule has 9 heteroatoms. The van der Waals surface area contributed by atoms with Crippen molar-refractivity contribution in [2.24, 2.45) is 5.92 Å². The minimum atomic E-state index is -1.21. The number of pyridine rings is 1. The number of amides is 1. The first-order valence-corrected chi connectivity index (χ1v) is 12.7. The highest BCUT2D eigenvalue weighted by molar-refractivity contribution is 5.95. The number of nitrogens with one attached hydrogen (secondary N) is 1. The zero-order valence-electron chi connectivity index (χ0n) is 21.6. The van der Waals surface area contributed by atoms with Gasteiger partial charge in [-0.2, -0.15) is 0 Å². The lowest BCUT2D eigenvalue weighted by Crippen LogP contribution is -2.40. The number of carbonyl (C=O) groups is 2. The zero-order chi connectivity index (χ0) is 26.9. The highest BCUT2D eigenvalue weighted by Crippen LogP contribution is 2.38. The van der Waals surface area contributed by atoms with Gasteiger partial charge in [-0.15, -0.1) is 0 Å². The third kappa shape index (κ3) is 5.95. The first kappa shape index (κ1) is 26.6. The van der Waals surface area contributed by atoms with E-state index in [1.165, 1.54) is 6.20 Å². The Morgan fingerprint density at radius 3 is 2.57 bits per heavy atom. The lowest BCUT2D eigenvalue weighted by Gasteiger charge is -2.24. The number of rotatable bonds is 5. The van der Waals surface area contributed by atoms with Gasteiger partial charge in [0.25, 0.3) is 0 Å². The van der Waals surface area contributed by atoms with Crippen molar-refractivity contribution in [1.29, 1.82) is 0 Å². The fourth-order valence-corrected chi connectivity index (χ4v) is 4.77. The van der Waals surface area contributed by atoms with E-state index in [4.69, 9.17) is 9.47 Å². The normalized spacial score (nSPS) is 19.3. The second-order valence-corrected chi connectivity index (χ2v) is 10.6. The maximum Gasteiger partial charge on any atom is 0.407 e. The standard InChI is InChI=1S/C28H32F2N2O5/c1-5-36-26(34)20-15-32(17-12-13-17)24-18(23(30)21(29)14-19(24)25(20)33)10-6-8-16-9-7-11-22(16)31-27(35)37-28(2,3)4/h14-17,22H,5,7-9,11-13H2,1-4H3,(H,31,35)/t16?,22-/m0/s1. The number of esters is 1. The van der Waals surface area contributed by atoms with Gasteiger partial charge in [-0.25, -0.2) is 18.4 Å². The van der Waals surface area contributed by atoms with Gasteiger partial charge in [0.2, 0.25) is 5.43 Å². The molecule has 2 aliphatic rings. The van der Waals surface area contributed by atoms with E-state index in [0.29, 0.717) is 6.42 Å². The van der Waals surface area contributed by atoms with Crippen LogP contribution in [0.15, 0.2) is 17.1 Å². The fraction of sp³-hybridized carbons (Fsp3) is 0.536. The molecule has 0 spiro atoms. The second-order valence-electron chi connectivity index (χ2n) is 10.6. The summed E-state index contributed by atoms with van der Waals surface area (Å²) < 4.78 is 41.7. The van der Waals surface area contributed by atoms with Crippen LogP contribution in [0.4, 0.5) is 13.6 Å². The monoisotopic (exact) mass is 514 g/mol. The molecule has 4 rings (SSSR count). The quantitative estimate of drug-likeness (QED) is 0.436. The molecular weight excluding hydrogens is 482 g/mol. The van der Waals surface area contributed by atoms with Crippen LogP contribution in [0.2, 0.25) is 0 Å². The molecule has 1 N–H and O–H groups in total. The molecule has 2 fully saturated rings. The lowest BCUT2D eigenvalue weighted by atomic mass is 9.99. The highest BCUT2D eigenvalue weighted by Gasteiger charge is 2.31. The number of fused-ring (bicyclic) bond motifs is 1. The molecule has 0 saturated heterocycles. The van der Waals surface area contributed by atoms with Gasteiger partial charge in [0.1, 0.15) is 11.2 Å². The SMILES string of the molecule is CCOC(=O)c1cn(C2CC2)c2c(C#CCC3CCC[C@@H]3NC(=O)OC(C)(C)C)c(F)c(F)cc2c1=O. The number of hydrogen-bond acceptors (Lipinski definition) is 5. The van der Waals surface area contributed by atoms with Gasteiger partial charge in [0, 0.05) is 24.7 Å². The van der Waals surface area contributed by atoms with Gasteiger partial charge in [-0.1, -0.05) is 18.3 Å². The Kier molecular flexibility index (Phi) is 7.58. The Bertz CT molecular complexity index is 1350. The molecule has 1 amide bonds. The van der Waals surface area contributed by atoms with Crippen molar-refractivity contribution in [1.82, 2.24) is 9.88 Å². The van der Waals surface area contributed by atoms with Crippen molar-refractivity contribution < 1.29 is 27.8 Å². The van der Waals surface area contributed by atoms with Gasteiger partial charge in [-0.05, 0) is 65.4 Å². The second kappa shape index (κ2) is 10.5. The van der Waals surface area contributed by atoms with E-state index in [-0.39, 0.29) is 46.6 Å². The molecular formula is C28H32F2N2O5. The number of ether oxygens (including phenoxy) is 2. The minimum Gasteiger partial charge on any atom is -0.462 e. The summed E-state index contributed by atoms with van der Waals surface area (Å²) in [4.78, 5) is 37.7. The Balaban J connectivity index is 1.67. The van der Waals surface area contributed by atoms with Crippen LogP contribution in [0.3, 0.4) is 0 Å². The molecule has 198 valence electrons. The molecule has 0 aliphatic heterocycles. The summed E-state index contributed by atoms with van der Waals surface area (Å²) in [5, 5.41) is 2.79. The van der Waals surface area contributed by atoms with Crippen LogP contribution in [0, 0.1) is 29.4 Å². The van der Waals surface area contributed by atoms with E-state index in [9.17, 15) is 18.8 Å². The smallest absolute Gasteiger partial charge is 0.407 e. The summed E-state index contributed by atoms with van der Waals surface area (Å²) in [6.45, 7) is 7.08. The molecule has 2 aliphatic carbocycles. The van der Waals surface area contributed by atoms with Crippen LogP contribution in [0.5, 0.6) is 0 Å². The molecule has 1 aromatic carbocycles. The lowest BCUT2D eigenvalue weighted by molar-refractivity contribution is 0.0490. The van der Waals surface area contributed by atoms with Crippen LogP contribution >= 0.6 is 0 Å². The number of aromatic nitrogens is 1. The van der Waals surface area contributed by atoms with E-state index in [2.05, 4.69) is 17.2 Å². The van der Waals surface area contributed by atoms with E-state index < -0.39 is 34.7 Å². The first-order valence-electron chi connectivity index (χ1n) is 12.7. The van der Waals surface area contributed by atoms with Crippen molar-refractivity contribution in [2.75, 3.05) is 6.61 Å². The summed E-state index contributed by atoms with van der Waals surface area (Å²) in [7, 11) is 0. The Labute approximate surface area is 214 Å². The third-order valence-electron chi connectivity index (χ3n) is 6.58. The number of halogens is 2. The fourth-order valence-electron chi connectivity index (χ4n) is 4.77. The Morgan fingerprint density at radius 1 is 1.19 bits per heavy atom. The number of benzene rings is 1. The first-order chi connectivity index (χ1) is 17.5. The summed E-state index contributed by atoms with van der Waals surface area (Å²) in [6.07, 6.45) is 5.32. The number of hydrogen-bond donors (Lipinski definition) is 1. The summed E-state index contributed by atoms with van der Waals surface area (Å²) in [5.41, 5.74) is -1.57. The molecule has 1 aromatic heterocycles. The van der Waals surface area contributed by atoms with E-state index in [0.717, 1.165) is 38.2 Å². The maximum atomic E-state index is 15.1. The van der Waals surface area contributed by atoms with Gasteiger partial charge >= 0.3 is 12.1 Å². The van der Waals surface area contributed by atoms with E-state index >= 15 is 4.39 Å². The van der Waals surface area contributed by atoms with Crippen molar-refractivity contribution >= 4 is 23.0 Å². The number of nitrogens with zero attached hydrogens (tertiary/aromatic N) is 1. The predicted molar refractivity (Wildman–Crippen MR) is 134 cm³/mol. The molecule has 2 aromatic rings. The summed E-state index contributed by atoms with van der Waals surface area (Å²) in [6, 6.07) is 0.659. The number of carbonyl (C=O) groups excluding carboxylic acids is 2. The maximum absolute atomic E-state index is 15.1. The van der Waals surface area contributed by atoms with Crippen molar-refractivity contribution in [2.45, 2.75) is 83.9 Å². The largest absolute Gasteiger partial charge is 0.462 e. The van der Waals surface area contributed by atoms with Crippen molar-refractivity contribution in [3.63, 3.8) is 0 Å². The average molecular weight is 515 g/mol. The van der Waals surface area contributed by atoms with Gasteiger partial charge in [-0.3, -0.25) is 4.79 Å². The third-order valence-corrected chi connectivity index (χ3v) is 6.58. The minimum absolute atomic E-state index is 0.0314. The van der Waals surface area contributed by atoms with E-state index in [1.54, 1.807) is 32.3 Å². The van der Waals surface area contributed by atoms with Gasteiger partial charge < -0.3 is 19.4 Å². The molecule has 2 saturated carbocycles. The summed E-state index contributed by atoms with van der Waals surface area (Å²) in [5.74, 6) is 2.63. The van der Waals surface area contributed by atoms with Crippen LogP contribution in [-0.2, 0) is 9.47 Å².